The van der Waals surface area contributed by atoms with Crippen LogP contribution >= 0.6 is 0 Å². The van der Waals surface area contributed by atoms with Crippen LogP contribution in [0.2, 0.25) is 0 Å². The minimum Gasteiger partial charge on any atom is -0.478 e. The van der Waals surface area contributed by atoms with Gasteiger partial charge in [-0.05, 0) is 45.5 Å². The Hall–Kier alpha value is -1.88. The van der Waals surface area contributed by atoms with Crippen molar-refractivity contribution in [3.63, 3.8) is 0 Å². The van der Waals surface area contributed by atoms with Gasteiger partial charge in [0.05, 0.1) is 16.6 Å². The van der Waals surface area contributed by atoms with Crippen molar-refractivity contribution >= 4 is 17.0 Å². The van der Waals surface area contributed by atoms with Crippen LogP contribution in [0.15, 0.2) is 18.2 Å². The third kappa shape index (κ3) is 3.24. The van der Waals surface area contributed by atoms with E-state index < -0.39 is 5.97 Å². The SMILES string of the molecule is CCC(C)N(C)CCn1c(C)nc2ccc(C(=O)O)cc21. The van der Waals surface area contributed by atoms with Gasteiger partial charge in [0.1, 0.15) is 5.82 Å². The van der Waals surface area contributed by atoms with E-state index in [2.05, 4.69) is 35.3 Å². The molecule has 1 heterocycles. The van der Waals surface area contributed by atoms with E-state index in [1.807, 2.05) is 6.92 Å². The summed E-state index contributed by atoms with van der Waals surface area (Å²) in [4.78, 5) is 17.9. The zero-order valence-corrected chi connectivity index (χ0v) is 13.1. The molecule has 0 radical (unpaired) electrons. The second-order valence-electron chi connectivity index (χ2n) is 5.56. The van der Waals surface area contributed by atoms with Gasteiger partial charge in [0.2, 0.25) is 0 Å². The zero-order chi connectivity index (χ0) is 15.6. The van der Waals surface area contributed by atoms with Crippen molar-refractivity contribution in [2.24, 2.45) is 0 Å². The van der Waals surface area contributed by atoms with Crippen molar-refractivity contribution in [1.82, 2.24) is 14.5 Å². The Labute approximate surface area is 125 Å². The average Bonchev–Trinajstić information content (AvgIpc) is 2.78. The van der Waals surface area contributed by atoms with Crippen molar-refractivity contribution in [3.05, 3.63) is 29.6 Å². The number of aryl methyl sites for hydroxylation is 1. The summed E-state index contributed by atoms with van der Waals surface area (Å²) in [5.41, 5.74) is 2.05. The first kappa shape index (κ1) is 15.5. The molecule has 0 amide bonds. The number of carboxylic acids is 1. The number of likely N-dealkylation sites (N-methyl/N-ethyl adjacent to an activating group) is 1. The van der Waals surface area contributed by atoms with E-state index in [1.54, 1.807) is 18.2 Å². The lowest BCUT2D eigenvalue weighted by Crippen LogP contribution is -2.31. The van der Waals surface area contributed by atoms with Gasteiger partial charge in [-0.1, -0.05) is 6.92 Å². The molecule has 0 aliphatic heterocycles. The van der Waals surface area contributed by atoms with Crippen LogP contribution in [-0.2, 0) is 6.54 Å². The van der Waals surface area contributed by atoms with Gasteiger partial charge in [-0.15, -0.1) is 0 Å². The Morgan fingerprint density at radius 3 is 2.81 bits per heavy atom. The monoisotopic (exact) mass is 289 g/mol. The zero-order valence-electron chi connectivity index (χ0n) is 13.1. The van der Waals surface area contributed by atoms with Crippen LogP contribution < -0.4 is 0 Å². The molecule has 1 atom stereocenters. The summed E-state index contributed by atoms with van der Waals surface area (Å²) in [5.74, 6) is 0.0177. The molecule has 5 nitrogen and oxygen atoms in total. The molecular weight excluding hydrogens is 266 g/mol. The third-order valence-corrected chi connectivity index (χ3v) is 4.21. The van der Waals surface area contributed by atoms with E-state index in [0.717, 1.165) is 36.4 Å². The van der Waals surface area contributed by atoms with Crippen LogP contribution in [0.3, 0.4) is 0 Å². The van der Waals surface area contributed by atoms with Gasteiger partial charge in [-0.2, -0.15) is 0 Å². The second kappa shape index (κ2) is 6.26. The molecule has 1 aromatic heterocycles. The van der Waals surface area contributed by atoms with Gasteiger partial charge in [0.25, 0.3) is 0 Å². The topological polar surface area (TPSA) is 58.4 Å². The van der Waals surface area contributed by atoms with Gasteiger partial charge < -0.3 is 14.6 Å². The molecule has 1 unspecified atom stereocenters. The molecule has 114 valence electrons. The molecule has 0 saturated heterocycles. The van der Waals surface area contributed by atoms with Crippen LogP contribution in [-0.4, -0.2) is 45.2 Å². The maximum atomic E-state index is 11.1. The van der Waals surface area contributed by atoms with Gasteiger partial charge in [0.15, 0.2) is 0 Å². The molecule has 0 fully saturated rings. The Morgan fingerprint density at radius 1 is 1.48 bits per heavy atom. The van der Waals surface area contributed by atoms with E-state index in [0.29, 0.717) is 11.6 Å². The maximum absolute atomic E-state index is 11.1. The van der Waals surface area contributed by atoms with Crippen LogP contribution in [0.25, 0.3) is 11.0 Å². The van der Waals surface area contributed by atoms with Crippen molar-refractivity contribution < 1.29 is 9.90 Å². The number of benzene rings is 1. The van der Waals surface area contributed by atoms with Crippen LogP contribution in [0, 0.1) is 6.92 Å². The van der Waals surface area contributed by atoms with Crippen LogP contribution in [0.1, 0.15) is 36.5 Å². The molecule has 0 bridgehead atoms. The number of aromatic carboxylic acids is 1. The minimum absolute atomic E-state index is 0.305. The molecule has 1 N–H and O–H groups in total. The summed E-state index contributed by atoms with van der Waals surface area (Å²) in [7, 11) is 2.12. The number of hydrogen-bond donors (Lipinski definition) is 1. The predicted octanol–water partition coefficient (Wildman–Crippen LogP) is 2.77. The molecule has 2 aromatic rings. The van der Waals surface area contributed by atoms with E-state index in [9.17, 15) is 4.79 Å². The minimum atomic E-state index is -0.904. The highest BCUT2D eigenvalue weighted by molar-refractivity contribution is 5.92. The molecule has 0 saturated carbocycles. The fourth-order valence-corrected chi connectivity index (χ4v) is 2.45. The van der Waals surface area contributed by atoms with E-state index >= 15 is 0 Å². The normalized spacial score (nSPS) is 13.0. The van der Waals surface area contributed by atoms with Gasteiger partial charge in [-0.25, -0.2) is 9.78 Å². The Bertz CT molecular complexity index is 648. The van der Waals surface area contributed by atoms with Crippen molar-refractivity contribution in [2.75, 3.05) is 13.6 Å². The fraction of sp³-hybridized carbons (Fsp3) is 0.500. The Kier molecular flexibility index (Phi) is 4.63. The highest BCUT2D eigenvalue weighted by Gasteiger charge is 2.12. The smallest absolute Gasteiger partial charge is 0.335 e. The largest absolute Gasteiger partial charge is 0.478 e. The molecule has 21 heavy (non-hydrogen) atoms. The lowest BCUT2D eigenvalue weighted by atomic mass is 10.2. The molecular formula is C16H23N3O2. The maximum Gasteiger partial charge on any atom is 0.335 e. The second-order valence-corrected chi connectivity index (χ2v) is 5.56. The predicted molar refractivity (Wildman–Crippen MR) is 83.8 cm³/mol. The summed E-state index contributed by atoms with van der Waals surface area (Å²) in [6.07, 6.45) is 1.11. The third-order valence-electron chi connectivity index (χ3n) is 4.21. The molecule has 0 spiro atoms. The number of rotatable bonds is 6. The van der Waals surface area contributed by atoms with Gasteiger partial charge >= 0.3 is 5.97 Å². The van der Waals surface area contributed by atoms with Gasteiger partial charge in [0, 0.05) is 19.1 Å². The van der Waals surface area contributed by atoms with Crippen molar-refractivity contribution in [3.8, 4) is 0 Å². The summed E-state index contributed by atoms with van der Waals surface area (Å²) in [5, 5.41) is 9.13. The molecule has 2 rings (SSSR count). The number of fused-ring (bicyclic) bond motifs is 1. The lowest BCUT2D eigenvalue weighted by molar-refractivity contribution is 0.0697. The first-order chi connectivity index (χ1) is 9.93. The summed E-state index contributed by atoms with van der Waals surface area (Å²) in [6, 6.07) is 5.63. The van der Waals surface area contributed by atoms with Gasteiger partial charge in [-0.3, -0.25) is 0 Å². The van der Waals surface area contributed by atoms with E-state index in [1.165, 1.54) is 0 Å². The number of imidazole rings is 1. The standard InChI is InChI=1S/C16H23N3O2/c1-5-11(2)18(4)8-9-19-12(3)17-14-7-6-13(16(20)21)10-15(14)19/h6-7,10-11H,5,8-9H2,1-4H3,(H,20,21). The highest BCUT2D eigenvalue weighted by atomic mass is 16.4. The Morgan fingerprint density at radius 2 is 2.19 bits per heavy atom. The first-order valence-electron chi connectivity index (χ1n) is 7.34. The number of nitrogens with zero attached hydrogens (tertiary/aromatic N) is 3. The highest BCUT2D eigenvalue weighted by Crippen LogP contribution is 2.18. The quantitative estimate of drug-likeness (QED) is 0.888. The van der Waals surface area contributed by atoms with E-state index in [-0.39, 0.29) is 0 Å². The van der Waals surface area contributed by atoms with E-state index in [4.69, 9.17) is 5.11 Å². The summed E-state index contributed by atoms with van der Waals surface area (Å²) < 4.78 is 2.10. The number of carboxylic acid groups (broad SMARTS) is 1. The molecule has 1 aromatic carbocycles. The van der Waals surface area contributed by atoms with Crippen molar-refractivity contribution in [1.29, 1.82) is 0 Å². The molecule has 5 heteroatoms. The average molecular weight is 289 g/mol. The summed E-state index contributed by atoms with van der Waals surface area (Å²) in [6.45, 7) is 8.08. The summed E-state index contributed by atoms with van der Waals surface area (Å²) >= 11 is 0. The number of hydrogen-bond acceptors (Lipinski definition) is 3. The molecule has 0 aliphatic rings. The van der Waals surface area contributed by atoms with Crippen LogP contribution in [0.5, 0.6) is 0 Å². The lowest BCUT2D eigenvalue weighted by Gasteiger charge is -2.24. The molecule has 0 aliphatic carbocycles. The number of aromatic nitrogens is 2. The first-order valence-corrected chi connectivity index (χ1v) is 7.34. The van der Waals surface area contributed by atoms with Crippen LogP contribution in [0.4, 0.5) is 0 Å². The number of carbonyl (C=O) groups is 1. The Balaban J connectivity index is 2.28. The van der Waals surface area contributed by atoms with Crippen molar-refractivity contribution in [2.45, 2.75) is 39.8 Å². The fourth-order valence-electron chi connectivity index (χ4n) is 2.45.